The molecule has 2 N–H and O–H groups in total. The van der Waals surface area contributed by atoms with Gasteiger partial charge in [-0.3, -0.25) is 14.9 Å². The number of hydrogen-bond donors (Lipinski definition) is 2. The predicted octanol–water partition coefficient (Wildman–Crippen LogP) is 2.49. The topological polar surface area (TPSA) is 61.4 Å². The standard InChI is InChI=1S/C19H19N3O2S/c23-18(16-11-25-12-20-16)21-15-6-3-5-14(10-15)19(24)22-9-8-13-4-1-2-7-17(13)22/h1-7,10,16,20H,8-9,11-12H2,(H,21,23). The summed E-state index contributed by atoms with van der Waals surface area (Å²) in [7, 11) is 0. The number of carbonyl (C=O) groups excluding carboxylic acids is 2. The Morgan fingerprint density at radius 2 is 2.04 bits per heavy atom. The second kappa shape index (κ2) is 6.90. The summed E-state index contributed by atoms with van der Waals surface area (Å²) in [6.45, 7) is 0.692. The molecule has 5 nitrogen and oxygen atoms in total. The van der Waals surface area contributed by atoms with Crippen LogP contribution < -0.4 is 15.5 Å². The number of rotatable bonds is 3. The first-order valence-corrected chi connectivity index (χ1v) is 9.50. The fraction of sp³-hybridized carbons (Fsp3) is 0.263. The molecule has 0 bridgehead atoms. The molecule has 2 aliphatic heterocycles. The minimum absolute atomic E-state index is 0.0319. The normalized spacial score (nSPS) is 18.9. The van der Waals surface area contributed by atoms with Crippen molar-refractivity contribution in [2.75, 3.05) is 28.4 Å². The highest BCUT2D eigenvalue weighted by Gasteiger charge is 2.26. The maximum atomic E-state index is 12.9. The number of nitrogens with zero attached hydrogens (tertiary/aromatic N) is 1. The van der Waals surface area contributed by atoms with Gasteiger partial charge in [-0.25, -0.2) is 0 Å². The van der Waals surface area contributed by atoms with Crippen LogP contribution in [0.25, 0.3) is 0 Å². The lowest BCUT2D eigenvalue weighted by atomic mass is 10.1. The van der Waals surface area contributed by atoms with Crippen LogP contribution in [-0.2, 0) is 11.2 Å². The Hall–Kier alpha value is -2.31. The van der Waals surface area contributed by atoms with Crippen molar-refractivity contribution in [2.45, 2.75) is 12.5 Å². The molecule has 1 unspecified atom stereocenters. The van der Waals surface area contributed by atoms with E-state index < -0.39 is 0 Å². The van der Waals surface area contributed by atoms with Gasteiger partial charge in [-0.05, 0) is 36.2 Å². The van der Waals surface area contributed by atoms with Crippen LogP contribution in [0.2, 0.25) is 0 Å². The van der Waals surface area contributed by atoms with Crippen LogP contribution in [0.3, 0.4) is 0 Å². The second-order valence-corrected chi connectivity index (χ2v) is 7.21. The minimum atomic E-state index is -0.171. The third kappa shape index (κ3) is 3.27. The number of fused-ring (bicyclic) bond motifs is 1. The first-order chi connectivity index (χ1) is 12.2. The SMILES string of the molecule is O=C(Nc1cccc(C(=O)N2CCc3ccccc32)c1)C1CSCN1. The van der Waals surface area contributed by atoms with E-state index in [1.165, 1.54) is 5.56 Å². The zero-order chi connectivity index (χ0) is 17.2. The number of thioether (sulfide) groups is 1. The number of benzene rings is 2. The summed E-state index contributed by atoms with van der Waals surface area (Å²) in [5.74, 6) is 1.48. The summed E-state index contributed by atoms with van der Waals surface area (Å²) in [5, 5.41) is 6.05. The number of anilines is 2. The molecule has 1 atom stereocenters. The van der Waals surface area contributed by atoms with Crippen LogP contribution in [0.15, 0.2) is 48.5 Å². The second-order valence-electron chi connectivity index (χ2n) is 6.18. The molecule has 1 fully saturated rings. The van der Waals surface area contributed by atoms with Crippen LogP contribution in [-0.4, -0.2) is 36.0 Å². The zero-order valence-corrected chi connectivity index (χ0v) is 14.5. The molecular formula is C19H19N3O2S. The summed E-state index contributed by atoms with van der Waals surface area (Å²) < 4.78 is 0. The van der Waals surface area contributed by atoms with E-state index in [0.717, 1.165) is 23.7 Å². The largest absolute Gasteiger partial charge is 0.325 e. The molecule has 1 saturated heterocycles. The lowest BCUT2D eigenvalue weighted by Crippen LogP contribution is -2.37. The molecule has 2 amide bonds. The quantitative estimate of drug-likeness (QED) is 0.890. The maximum absolute atomic E-state index is 12.9. The molecule has 25 heavy (non-hydrogen) atoms. The zero-order valence-electron chi connectivity index (χ0n) is 13.7. The Labute approximate surface area is 150 Å². The number of nitrogens with one attached hydrogen (secondary N) is 2. The highest BCUT2D eigenvalue weighted by Crippen LogP contribution is 2.29. The monoisotopic (exact) mass is 353 g/mol. The summed E-state index contributed by atoms with van der Waals surface area (Å²) in [6.07, 6.45) is 0.878. The Balaban J connectivity index is 1.51. The van der Waals surface area contributed by atoms with E-state index in [1.807, 2.05) is 35.2 Å². The molecule has 128 valence electrons. The van der Waals surface area contributed by atoms with E-state index in [1.54, 1.807) is 23.9 Å². The lowest BCUT2D eigenvalue weighted by molar-refractivity contribution is -0.117. The first-order valence-electron chi connectivity index (χ1n) is 8.34. The minimum Gasteiger partial charge on any atom is -0.325 e. The molecule has 2 aromatic rings. The molecule has 2 aromatic carbocycles. The Bertz CT molecular complexity index is 818. The molecule has 6 heteroatoms. The average Bonchev–Trinajstić information content (AvgIpc) is 3.31. The van der Waals surface area contributed by atoms with Gasteiger partial charge in [-0.15, -0.1) is 11.8 Å². The molecular weight excluding hydrogens is 334 g/mol. The number of amides is 2. The summed E-state index contributed by atoms with van der Waals surface area (Å²) in [4.78, 5) is 26.9. The van der Waals surface area contributed by atoms with Gasteiger partial charge in [0.1, 0.15) is 0 Å². The average molecular weight is 353 g/mol. The Morgan fingerprint density at radius 3 is 2.88 bits per heavy atom. The third-order valence-corrected chi connectivity index (χ3v) is 5.48. The highest BCUT2D eigenvalue weighted by molar-refractivity contribution is 7.99. The molecule has 0 aliphatic carbocycles. The van der Waals surface area contributed by atoms with E-state index in [0.29, 0.717) is 17.8 Å². The van der Waals surface area contributed by atoms with Gasteiger partial charge in [0.25, 0.3) is 5.91 Å². The summed E-state index contributed by atoms with van der Waals surface area (Å²) in [6, 6.07) is 15.0. The van der Waals surface area contributed by atoms with E-state index in [-0.39, 0.29) is 17.9 Å². The van der Waals surface area contributed by atoms with Gasteiger partial charge in [0.15, 0.2) is 0 Å². The number of carbonyl (C=O) groups is 2. The van der Waals surface area contributed by atoms with E-state index in [4.69, 9.17) is 0 Å². The van der Waals surface area contributed by atoms with E-state index in [2.05, 4.69) is 16.7 Å². The smallest absolute Gasteiger partial charge is 0.258 e. The summed E-state index contributed by atoms with van der Waals surface area (Å²) >= 11 is 1.71. The van der Waals surface area contributed by atoms with Crippen LogP contribution in [0.1, 0.15) is 15.9 Å². The van der Waals surface area contributed by atoms with Crippen molar-refractivity contribution < 1.29 is 9.59 Å². The summed E-state index contributed by atoms with van der Waals surface area (Å²) in [5.41, 5.74) is 3.42. The lowest BCUT2D eigenvalue weighted by Gasteiger charge is -2.18. The molecule has 0 aromatic heterocycles. The van der Waals surface area contributed by atoms with Crippen molar-refractivity contribution in [2.24, 2.45) is 0 Å². The molecule has 2 heterocycles. The molecule has 4 rings (SSSR count). The van der Waals surface area contributed by atoms with Crippen molar-refractivity contribution in [3.63, 3.8) is 0 Å². The van der Waals surface area contributed by atoms with Crippen molar-refractivity contribution >= 4 is 35.0 Å². The molecule has 2 aliphatic rings. The van der Waals surface area contributed by atoms with Gasteiger partial charge in [0.05, 0.1) is 6.04 Å². The molecule has 0 radical (unpaired) electrons. The highest BCUT2D eigenvalue weighted by atomic mass is 32.2. The van der Waals surface area contributed by atoms with E-state index in [9.17, 15) is 9.59 Å². The maximum Gasteiger partial charge on any atom is 0.258 e. The predicted molar refractivity (Wildman–Crippen MR) is 101 cm³/mol. The van der Waals surface area contributed by atoms with Gasteiger partial charge >= 0.3 is 0 Å². The fourth-order valence-corrected chi connectivity index (χ4v) is 4.17. The van der Waals surface area contributed by atoms with Crippen molar-refractivity contribution in [1.82, 2.24) is 5.32 Å². The molecule has 0 spiro atoms. The van der Waals surface area contributed by atoms with Gasteiger partial charge in [-0.2, -0.15) is 0 Å². The Kier molecular flexibility index (Phi) is 4.46. The Morgan fingerprint density at radius 1 is 1.16 bits per heavy atom. The van der Waals surface area contributed by atoms with Gasteiger partial charge in [0.2, 0.25) is 5.91 Å². The molecule has 0 saturated carbocycles. The third-order valence-electron chi connectivity index (χ3n) is 4.54. The van der Waals surface area contributed by atoms with Crippen LogP contribution in [0.4, 0.5) is 11.4 Å². The van der Waals surface area contributed by atoms with Gasteiger partial charge in [-0.1, -0.05) is 24.3 Å². The van der Waals surface area contributed by atoms with Crippen LogP contribution in [0, 0.1) is 0 Å². The van der Waals surface area contributed by atoms with Gasteiger partial charge < -0.3 is 10.2 Å². The van der Waals surface area contributed by atoms with Crippen molar-refractivity contribution in [3.8, 4) is 0 Å². The van der Waals surface area contributed by atoms with Gasteiger partial charge in [0, 0.05) is 35.1 Å². The first kappa shape index (κ1) is 16.2. The van der Waals surface area contributed by atoms with Crippen molar-refractivity contribution in [1.29, 1.82) is 0 Å². The van der Waals surface area contributed by atoms with E-state index >= 15 is 0 Å². The number of hydrogen-bond acceptors (Lipinski definition) is 4. The fourth-order valence-electron chi connectivity index (χ4n) is 3.23. The number of para-hydroxylation sites is 1. The van der Waals surface area contributed by atoms with Crippen LogP contribution >= 0.6 is 11.8 Å². The van der Waals surface area contributed by atoms with Crippen molar-refractivity contribution in [3.05, 3.63) is 59.7 Å². The van der Waals surface area contributed by atoms with Crippen LogP contribution in [0.5, 0.6) is 0 Å².